The van der Waals surface area contributed by atoms with Crippen LogP contribution in [0.4, 0.5) is 5.69 Å². The van der Waals surface area contributed by atoms with Crippen molar-refractivity contribution in [2.45, 2.75) is 19.8 Å². The number of anilines is 1. The number of benzene rings is 1. The maximum atomic E-state index is 11.7. The molecule has 5 heteroatoms. The van der Waals surface area contributed by atoms with E-state index in [1.165, 1.54) is 0 Å². The van der Waals surface area contributed by atoms with E-state index in [1.54, 1.807) is 24.0 Å². The molecule has 106 valence electrons. The van der Waals surface area contributed by atoms with Crippen LogP contribution in [0.1, 0.15) is 19.8 Å². The molecule has 20 heavy (non-hydrogen) atoms. The fourth-order valence-electron chi connectivity index (χ4n) is 2.11. The van der Waals surface area contributed by atoms with Crippen molar-refractivity contribution in [3.63, 3.8) is 0 Å². The summed E-state index contributed by atoms with van der Waals surface area (Å²) < 4.78 is 5.53. The molecule has 1 heterocycles. The number of carboxylic acids is 1. The summed E-state index contributed by atoms with van der Waals surface area (Å²) in [6.45, 7) is 2.64. The van der Waals surface area contributed by atoms with Crippen LogP contribution in [0.15, 0.2) is 35.9 Å². The zero-order chi connectivity index (χ0) is 14.5. The third-order valence-electron chi connectivity index (χ3n) is 3.04. The number of aliphatic carboxylic acids is 1. The number of hydrogen-bond donors (Lipinski definition) is 1. The van der Waals surface area contributed by atoms with Gasteiger partial charge in [0.2, 0.25) is 5.91 Å². The summed E-state index contributed by atoms with van der Waals surface area (Å²) in [5, 5.41) is 8.62. The maximum absolute atomic E-state index is 11.7. The summed E-state index contributed by atoms with van der Waals surface area (Å²) >= 11 is 0. The average Bonchev–Trinajstić information content (AvgIpc) is 2.82. The van der Waals surface area contributed by atoms with Gasteiger partial charge in [0.1, 0.15) is 12.4 Å². The van der Waals surface area contributed by atoms with Gasteiger partial charge in [-0.3, -0.25) is 4.79 Å². The van der Waals surface area contributed by atoms with E-state index in [0.29, 0.717) is 17.7 Å². The number of carbonyl (C=O) groups excluding carboxylic acids is 1. The highest BCUT2D eigenvalue weighted by molar-refractivity contribution is 5.95. The Kier molecular flexibility index (Phi) is 4.40. The standard InChI is InChI=1S/C15H17NO4/c1-11(8-15(18)19)10-20-13-5-2-4-12(9-13)16-7-3-6-14(16)17/h2,4-5,8-9H,3,6-7,10H2,1H3,(H,18,19). The molecule has 1 N–H and O–H groups in total. The highest BCUT2D eigenvalue weighted by Crippen LogP contribution is 2.25. The van der Waals surface area contributed by atoms with Gasteiger partial charge in [0.15, 0.2) is 0 Å². The lowest BCUT2D eigenvalue weighted by Crippen LogP contribution is -2.23. The monoisotopic (exact) mass is 275 g/mol. The molecule has 1 amide bonds. The molecule has 0 radical (unpaired) electrons. The van der Waals surface area contributed by atoms with Crippen LogP contribution in [0.25, 0.3) is 0 Å². The molecule has 0 atom stereocenters. The second-order valence-corrected chi connectivity index (χ2v) is 4.76. The van der Waals surface area contributed by atoms with Gasteiger partial charge < -0.3 is 14.7 Å². The fourth-order valence-corrected chi connectivity index (χ4v) is 2.11. The van der Waals surface area contributed by atoms with E-state index in [-0.39, 0.29) is 12.5 Å². The van der Waals surface area contributed by atoms with Gasteiger partial charge in [-0.15, -0.1) is 0 Å². The Bertz CT molecular complexity index is 551. The summed E-state index contributed by atoms with van der Waals surface area (Å²) in [6, 6.07) is 7.29. The lowest BCUT2D eigenvalue weighted by Gasteiger charge is -2.16. The molecule has 1 saturated heterocycles. The van der Waals surface area contributed by atoms with Crippen LogP contribution in [0.5, 0.6) is 5.75 Å². The van der Waals surface area contributed by atoms with E-state index < -0.39 is 5.97 Å². The second kappa shape index (κ2) is 6.23. The van der Waals surface area contributed by atoms with Crippen LogP contribution in [-0.4, -0.2) is 30.1 Å². The number of amides is 1. The van der Waals surface area contributed by atoms with Crippen molar-refractivity contribution < 1.29 is 19.4 Å². The first-order valence-electron chi connectivity index (χ1n) is 6.49. The Morgan fingerprint density at radius 3 is 2.95 bits per heavy atom. The van der Waals surface area contributed by atoms with E-state index in [1.807, 2.05) is 12.1 Å². The van der Waals surface area contributed by atoms with Gasteiger partial charge in [0.05, 0.1) is 0 Å². The Morgan fingerprint density at radius 2 is 2.30 bits per heavy atom. The molecule has 0 aromatic heterocycles. The first-order valence-corrected chi connectivity index (χ1v) is 6.49. The zero-order valence-corrected chi connectivity index (χ0v) is 11.3. The molecule has 1 fully saturated rings. The molecule has 1 aliphatic rings. The predicted molar refractivity (Wildman–Crippen MR) is 74.9 cm³/mol. The molecular formula is C15H17NO4. The quantitative estimate of drug-likeness (QED) is 0.837. The molecule has 0 spiro atoms. The van der Waals surface area contributed by atoms with Gasteiger partial charge in [-0.1, -0.05) is 6.07 Å². The van der Waals surface area contributed by atoms with Gasteiger partial charge in [-0.25, -0.2) is 4.79 Å². The molecule has 0 unspecified atom stereocenters. The van der Waals surface area contributed by atoms with Crippen molar-refractivity contribution in [1.29, 1.82) is 0 Å². The third kappa shape index (κ3) is 3.60. The fraction of sp³-hybridized carbons (Fsp3) is 0.333. The Morgan fingerprint density at radius 1 is 1.50 bits per heavy atom. The molecule has 0 saturated carbocycles. The minimum absolute atomic E-state index is 0.129. The average molecular weight is 275 g/mol. The first-order chi connectivity index (χ1) is 9.56. The Balaban J connectivity index is 2.03. The number of rotatable bonds is 5. The number of hydrogen-bond acceptors (Lipinski definition) is 3. The molecule has 0 bridgehead atoms. The largest absolute Gasteiger partial charge is 0.489 e. The summed E-state index contributed by atoms with van der Waals surface area (Å²) in [4.78, 5) is 23.9. The van der Waals surface area contributed by atoms with Gasteiger partial charge in [-0.05, 0) is 31.1 Å². The normalized spacial score (nSPS) is 15.6. The summed E-state index contributed by atoms with van der Waals surface area (Å²) in [6.07, 6.45) is 2.59. The van der Waals surface area contributed by atoms with Crippen LogP contribution in [0.3, 0.4) is 0 Å². The Hall–Kier alpha value is -2.30. The molecule has 5 nitrogen and oxygen atoms in total. The van der Waals surface area contributed by atoms with E-state index in [0.717, 1.165) is 24.7 Å². The minimum Gasteiger partial charge on any atom is -0.489 e. The molecule has 1 aromatic carbocycles. The topological polar surface area (TPSA) is 66.8 Å². The highest BCUT2D eigenvalue weighted by atomic mass is 16.5. The van der Waals surface area contributed by atoms with Gasteiger partial charge >= 0.3 is 5.97 Å². The smallest absolute Gasteiger partial charge is 0.328 e. The van der Waals surface area contributed by atoms with E-state index >= 15 is 0 Å². The van der Waals surface area contributed by atoms with Crippen molar-refractivity contribution in [1.82, 2.24) is 0 Å². The van der Waals surface area contributed by atoms with Gasteiger partial charge in [0.25, 0.3) is 0 Å². The van der Waals surface area contributed by atoms with E-state index in [9.17, 15) is 9.59 Å². The zero-order valence-electron chi connectivity index (χ0n) is 11.3. The van der Waals surface area contributed by atoms with Crippen LogP contribution in [-0.2, 0) is 9.59 Å². The summed E-state index contributed by atoms with van der Waals surface area (Å²) in [5.74, 6) is -0.230. The van der Waals surface area contributed by atoms with E-state index in [2.05, 4.69) is 0 Å². The molecule has 2 rings (SSSR count). The third-order valence-corrected chi connectivity index (χ3v) is 3.04. The minimum atomic E-state index is -0.984. The Labute approximate surface area is 117 Å². The summed E-state index contributed by atoms with van der Waals surface area (Å²) in [5.41, 5.74) is 1.45. The number of nitrogens with zero attached hydrogens (tertiary/aromatic N) is 1. The predicted octanol–water partition coefficient (Wildman–Crippen LogP) is 2.22. The van der Waals surface area contributed by atoms with Crippen molar-refractivity contribution in [2.24, 2.45) is 0 Å². The molecule has 0 aliphatic carbocycles. The van der Waals surface area contributed by atoms with Crippen LogP contribution < -0.4 is 9.64 Å². The molecule has 1 aliphatic heterocycles. The molecular weight excluding hydrogens is 258 g/mol. The summed E-state index contributed by atoms with van der Waals surface area (Å²) in [7, 11) is 0. The number of carboxylic acid groups (broad SMARTS) is 1. The van der Waals surface area contributed by atoms with Crippen molar-refractivity contribution in [2.75, 3.05) is 18.1 Å². The van der Waals surface area contributed by atoms with Crippen molar-refractivity contribution in [3.8, 4) is 5.75 Å². The SMILES string of the molecule is CC(=CC(=O)O)COc1cccc(N2CCCC2=O)c1. The maximum Gasteiger partial charge on any atom is 0.328 e. The number of carbonyl (C=O) groups is 2. The van der Waals surface area contributed by atoms with Gasteiger partial charge in [-0.2, -0.15) is 0 Å². The highest BCUT2D eigenvalue weighted by Gasteiger charge is 2.21. The van der Waals surface area contributed by atoms with Crippen LogP contribution in [0.2, 0.25) is 0 Å². The number of ether oxygens (including phenoxy) is 1. The van der Waals surface area contributed by atoms with E-state index in [4.69, 9.17) is 9.84 Å². The second-order valence-electron chi connectivity index (χ2n) is 4.76. The molecule has 1 aromatic rings. The first kappa shape index (κ1) is 14.1. The van der Waals surface area contributed by atoms with Crippen LogP contribution >= 0.6 is 0 Å². The van der Waals surface area contributed by atoms with Crippen molar-refractivity contribution in [3.05, 3.63) is 35.9 Å². The lowest BCUT2D eigenvalue weighted by molar-refractivity contribution is -0.131. The lowest BCUT2D eigenvalue weighted by atomic mass is 10.2. The van der Waals surface area contributed by atoms with Crippen molar-refractivity contribution >= 4 is 17.6 Å². The van der Waals surface area contributed by atoms with Crippen LogP contribution in [0, 0.1) is 0 Å². The van der Waals surface area contributed by atoms with Gasteiger partial charge in [0, 0.05) is 30.8 Å².